The van der Waals surface area contributed by atoms with Crippen molar-refractivity contribution in [3.05, 3.63) is 58.4 Å². The van der Waals surface area contributed by atoms with Crippen molar-refractivity contribution in [3.8, 4) is 11.4 Å². The second-order valence-corrected chi connectivity index (χ2v) is 9.65. The molecule has 1 N–H and O–H groups in total. The van der Waals surface area contributed by atoms with E-state index in [1.165, 1.54) is 22.7 Å². The standard InChI is InChI=1S/C26H31N5O3S/c1-5-6-7-10-18(3)27-23(32)16-35-26-29-28-25-30(21-15-17(2)13-14-22(21)34-4)24(33)19-11-8-9-12-20(19)31(25)26/h8-9,11-15,18H,5-7,10,16H2,1-4H3,(H,27,32). The van der Waals surface area contributed by atoms with Gasteiger partial charge in [0.25, 0.3) is 5.56 Å². The molecule has 4 aromatic rings. The van der Waals surface area contributed by atoms with Crippen molar-refractivity contribution in [1.29, 1.82) is 0 Å². The van der Waals surface area contributed by atoms with Gasteiger partial charge in [0.2, 0.25) is 11.7 Å². The number of carbonyl (C=O) groups is 1. The summed E-state index contributed by atoms with van der Waals surface area (Å²) in [5, 5.41) is 12.9. The number of amides is 1. The van der Waals surface area contributed by atoms with Gasteiger partial charge < -0.3 is 10.1 Å². The SMILES string of the molecule is CCCCCC(C)NC(=O)CSc1nnc2n(-c3cc(C)ccc3OC)c(=O)c3ccccc3n12. The average Bonchev–Trinajstić information content (AvgIpc) is 3.27. The second kappa shape index (κ2) is 10.9. The molecule has 0 aliphatic heterocycles. The number of thioether (sulfide) groups is 1. The molecule has 0 saturated carbocycles. The fraction of sp³-hybridized carbons (Fsp3) is 0.385. The lowest BCUT2D eigenvalue weighted by molar-refractivity contribution is -0.119. The first kappa shape index (κ1) is 24.8. The van der Waals surface area contributed by atoms with Crippen molar-refractivity contribution in [2.75, 3.05) is 12.9 Å². The van der Waals surface area contributed by atoms with Gasteiger partial charge in [-0.3, -0.25) is 14.0 Å². The number of hydrogen-bond donors (Lipinski definition) is 1. The lowest BCUT2D eigenvalue weighted by Crippen LogP contribution is -2.33. The van der Waals surface area contributed by atoms with E-state index in [1.54, 1.807) is 13.2 Å². The number of fused-ring (bicyclic) bond motifs is 3. The zero-order valence-corrected chi connectivity index (χ0v) is 21.4. The molecular weight excluding hydrogens is 462 g/mol. The molecule has 184 valence electrons. The minimum absolute atomic E-state index is 0.0475. The van der Waals surface area contributed by atoms with Crippen LogP contribution in [-0.4, -0.2) is 44.0 Å². The number of carbonyl (C=O) groups excluding carboxylic acids is 1. The van der Waals surface area contributed by atoms with E-state index in [-0.39, 0.29) is 23.3 Å². The molecule has 35 heavy (non-hydrogen) atoms. The topological polar surface area (TPSA) is 90.5 Å². The number of unbranched alkanes of at least 4 members (excludes halogenated alkanes) is 2. The van der Waals surface area contributed by atoms with Gasteiger partial charge in [-0.2, -0.15) is 0 Å². The van der Waals surface area contributed by atoms with Crippen LogP contribution >= 0.6 is 11.8 Å². The minimum atomic E-state index is -0.209. The molecule has 2 aromatic heterocycles. The fourth-order valence-corrected chi connectivity index (χ4v) is 4.93. The molecule has 1 amide bonds. The van der Waals surface area contributed by atoms with Crippen molar-refractivity contribution in [2.24, 2.45) is 0 Å². The zero-order chi connectivity index (χ0) is 24.9. The Labute approximate surface area is 208 Å². The average molecular weight is 494 g/mol. The Kier molecular flexibility index (Phi) is 7.75. The molecule has 4 rings (SSSR count). The smallest absolute Gasteiger partial charge is 0.267 e. The molecule has 1 atom stereocenters. The highest BCUT2D eigenvalue weighted by atomic mass is 32.2. The van der Waals surface area contributed by atoms with Crippen LogP contribution in [0, 0.1) is 6.92 Å². The third-order valence-electron chi connectivity index (χ3n) is 5.95. The fourth-order valence-electron chi connectivity index (χ4n) is 4.18. The van der Waals surface area contributed by atoms with E-state index in [4.69, 9.17) is 4.74 Å². The first-order chi connectivity index (χ1) is 16.9. The summed E-state index contributed by atoms with van der Waals surface area (Å²) in [5.41, 5.74) is 2.06. The lowest BCUT2D eigenvalue weighted by atomic mass is 10.1. The molecule has 0 fully saturated rings. The zero-order valence-electron chi connectivity index (χ0n) is 20.6. The third kappa shape index (κ3) is 5.19. The number of benzene rings is 2. The highest BCUT2D eigenvalue weighted by Gasteiger charge is 2.20. The summed E-state index contributed by atoms with van der Waals surface area (Å²) in [4.78, 5) is 26.2. The van der Waals surface area contributed by atoms with Gasteiger partial charge >= 0.3 is 0 Å². The molecule has 9 heteroatoms. The Hall–Kier alpha value is -3.33. The van der Waals surface area contributed by atoms with E-state index in [0.29, 0.717) is 33.3 Å². The summed E-state index contributed by atoms with van der Waals surface area (Å²) < 4.78 is 8.92. The molecule has 1 unspecified atom stereocenters. The van der Waals surface area contributed by atoms with Gasteiger partial charge in [-0.05, 0) is 50.1 Å². The van der Waals surface area contributed by atoms with E-state index >= 15 is 0 Å². The summed E-state index contributed by atoms with van der Waals surface area (Å²) in [6.07, 6.45) is 4.39. The summed E-state index contributed by atoms with van der Waals surface area (Å²) in [5.74, 6) is 1.09. The van der Waals surface area contributed by atoms with E-state index < -0.39 is 0 Å². The molecule has 0 aliphatic rings. The number of hydrogen-bond acceptors (Lipinski definition) is 6. The van der Waals surface area contributed by atoms with Gasteiger partial charge in [0, 0.05) is 6.04 Å². The van der Waals surface area contributed by atoms with Gasteiger partial charge in [0.1, 0.15) is 5.75 Å². The number of nitrogens with one attached hydrogen (secondary N) is 1. The molecule has 0 saturated heterocycles. The van der Waals surface area contributed by atoms with Crippen LogP contribution < -0.4 is 15.6 Å². The maximum absolute atomic E-state index is 13.6. The van der Waals surface area contributed by atoms with Crippen molar-refractivity contribution in [3.63, 3.8) is 0 Å². The van der Waals surface area contributed by atoms with Crippen molar-refractivity contribution >= 4 is 34.3 Å². The number of ether oxygens (including phenoxy) is 1. The predicted octanol–water partition coefficient (Wildman–Crippen LogP) is 4.53. The van der Waals surface area contributed by atoms with Crippen molar-refractivity contribution in [1.82, 2.24) is 24.5 Å². The third-order valence-corrected chi connectivity index (χ3v) is 6.88. The van der Waals surface area contributed by atoms with Crippen LogP contribution in [0.25, 0.3) is 22.4 Å². The highest BCUT2D eigenvalue weighted by molar-refractivity contribution is 7.99. The molecule has 2 aromatic carbocycles. The van der Waals surface area contributed by atoms with Crippen LogP contribution in [0.5, 0.6) is 5.75 Å². The maximum atomic E-state index is 13.6. The van der Waals surface area contributed by atoms with E-state index in [9.17, 15) is 9.59 Å². The van der Waals surface area contributed by atoms with Gasteiger partial charge in [0.05, 0.1) is 29.5 Å². The van der Waals surface area contributed by atoms with Gasteiger partial charge in [0.15, 0.2) is 5.16 Å². The quantitative estimate of drug-likeness (QED) is 0.258. The van der Waals surface area contributed by atoms with E-state index in [2.05, 4.69) is 22.4 Å². The molecule has 0 bridgehead atoms. The van der Waals surface area contributed by atoms with Crippen LogP contribution in [0.15, 0.2) is 52.4 Å². The first-order valence-electron chi connectivity index (χ1n) is 11.9. The predicted molar refractivity (Wildman–Crippen MR) is 140 cm³/mol. The van der Waals surface area contributed by atoms with Crippen LogP contribution in [-0.2, 0) is 4.79 Å². The Bertz CT molecular complexity index is 1410. The minimum Gasteiger partial charge on any atom is -0.495 e. The normalized spacial score (nSPS) is 12.2. The molecule has 0 radical (unpaired) electrons. The maximum Gasteiger partial charge on any atom is 0.267 e. The Morgan fingerprint density at radius 2 is 1.97 bits per heavy atom. The Balaban J connectivity index is 1.73. The Morgan fingerprint density at radius 1 is 1.17 bits per heavy atom. The van der Waals surface area contributed by atoms with Crippen molar-refractivity contribution in [2.45, 2.75) is 57.7 Å². The van der Waals surface area contributed by atoms with E-state index in [1.807, 2.05) is 54.6 Å². The number of para-hydroxylation sites is 1. The summed E-state index contributed by atoms with van der Waals surface area (Å²) in [6, 6.07) is 13.1. The number of methoxy groups -OCH3 is 1. The van der Waals surface area contributed by atoms with Crippen LogP contribution in [0.1, 0.15) is 45.1 Å². The molecular formula is C26H31N5O3S. The summed E-state index contributed by atoms with van der Waals surface area (Å²) in [7, 11) is 1.57. The highest BCUT2D eigenvalue weighted by Crippen LogP contribution is 2.27. The molecule has 0 spiro atoms. The van der Waals surface area contributed by atoms with Gasteiger partial charge in [-0.1, -0.05) is 56.1 Å². The number of nitrogens with zero attached hydrogens (tertiary/aromatic N) is 4. The van der Waals surface area contributed by atoms with Crippen LogP contribution in [0.4, 0.5) is 0 Å². The van der Waals surface area contributed by atoms with Crippen LogP contribution in [0.2, 0.25) is 0 Å². The Morgan fingerprint density at radius 3 is 2.74 bits per heavy atom. The largest absolute Gasteiger partial charge is 0.495 e. The molecule has 0 aliphatic carbocycles. The lowest BCUT2D eigenvalue weighted by Gasteiger charge is -2.15. The molecule has 8 nitrogen and oxygen atoms in total. The summed E-state index contributed by atoms with van der Waals surface area (Å²) >= 11 is 1.30. The van der Waals surface area contributed by atoms with Crippen LogP contribution in [0.3, 0.4) is 0 Å². The summed E-state index contributed by atoms with van der Waals surface area (Å²) in [6.45, 7) is 6.16. The van der Waals surface area contributed by atoms with Gasteiger partial charge in [-0.15, -0.1) is 10.2 Å². The van der Waals surface area contributed by atoms with Gasteiger partial charge in [-0.25, -0.2) is 4.57 Å². The monoisotopic (exact) mass is 493 g/mol. The number of rotatable bonds is 10. The molecule has 2 heterocycles. The second-order valence-electron chi connectivity index (χ2n) is 8.70. The van der Waals surface area contributed by atoms with Crippen molar-refractivity contribution < 1.29 is 9.53 Å². The number of aromatic nitrogens is 4. The number of aryl methyl sites for hydroxylation is 1. The first-order valence-corrected chi connectivity index (χ1v) is 12.9. The van der Waals surface area contributed by atoms with E-state index in [0.717, 1.165) is 24.8 Å².